The standard InChI is InChI=1S/C81H158O17P2/c1-6-9-12-15-18-21-24-27-30-31-32-33-35-38-41-46-52-57-62-67-81(86)97-76(70-91-78(83)64-59-54-49-44-39-37-34-28-25-22-19-16-13-10-7-2)72-95-99(87,88)93-68-75(82)69-94-100(89,90)96-73-77(71-92-79(84)65-60-55-50-47-42-43-48-53-58-63-74(4)5)98-80(85)66-61-56-51-45-40-36-29-26-23-20-17-14-11-8-3/h74-77,82H,6-73H2,1-5H3,(H,87,88)(H,89,90)/t75-,76-,77-/m1/s1. The van der Waals surface area contributed by atoms with E-state index < -0.39 is 97.5 Å². The number of aliphatic hydroxyl groups excluding tert-OH is 1. The predicted molar refractivity (Wildman–Crippen MR) is 409 cm³/mol. The molecule has 2 unspecified atom stereocenters. The smallest absolute Gasteiger partial charge is 0.462 e. The molecule has 5 atom stereocenters. The van der Waals surface area contributed by atoms with Crippen LogP contribution in [0, 0.1) is 5.92 Å². The highest BCUT2D eigenvalue weighted by Gasteiger charge is 2.30. The first-order valence-electron chi connectivity index (χ1n) is 42.1. The molecule has 0 spiro atoms. The van der Waals surface area contributed by atoms with Crippen LogP contribution >= 0.6 is 15.6 Å². The number of rotatable bonds is 81. The molecule has 0 fully saturated rings. The van der Waals surface area contributed by atoms with Crippen LogP contribution in [-0.2, 0) is 65.4 Å². The molecule has 0 aliphatic carbocycles. The number of hydrogen-bond acceptors (Lipinski definition) is 15. The third kappa shape index (κ3) is 74.3. The Morgan fingerprint density at radius 2 is 0.460 bits per heavy atom. The third-order valence-electron chi connectivity index (χ3n) is 19.0. The zero-order chi connectivity index (χ0) is 73.4. The Labute approximate surface area is 613 Å². The number of aliphatic hydroxyl groups is 1. The second kappa shape index (κ2) is 73.9. The SMILES string of the molecule is CCCCCCCCCCCCCCCCCCCCCC(=O)O[C@H](COC(=O)CCCCCCCCCCCCCCCCC)COP(=O)(O)OC[C@@H](O)COP(=O)(O)OC[C@@H](COC(=O)CCCCCCCCCCCC(C)C)OC(=O)CCCCCCCCCCCCCCCC. The molecule has 19 heteroatoms. The minimum atomic E-state index is -4.96. The van der Waals surface area contributed by atoms with Crippen molar-refractivity contribution in [3.63, 3.8) is 0 Å². The Morgan fingerprint density at radius 3 is 0.680 bits per heavy atom. The number of unbranched alkanes of at least 4 members (excludes halogenated alkanes) is 53. The molecule has 0 aromatic heterocycles. The number of esters is 4. The van der Waals surface area contributed by atoms with Gasteiger partial charge in [0.2, 0.25) is 0 Å². The van der Waals surface area contributed by atoms with E-state index in [1.54, 1.807) is 0 Å². The van der Waals surface area contributed by atoms with Crippen molar-refractivity contribution < 1.29 is 80.2 Å². The molecule has 0 saturated heterocycles. The molecule has 0 aromatic rings. The fourth-order valence-electron chi connectivity index (χ4n) is 12.6. The van der Waals surface area contributed by atoms with Crippen molar-refractivity contribution in [3.8, 4) is 0 Å². The topological polar surface area (TPSA) is 237 Å². The zero-order valence-corrected chi connectivity index (χ0v) is 67.1. The van der Waals surface area contributed by atoms with E-state index in [1.807, 2.05) is 0 Å². The second-order valence-corrected chi connectivity index (χ2v) is 32.5. The molecule has 0 radical (unpaired) electrons. The van der Waals surface area contributed by atoms with Crippen molar-refractivity contribution in [1.29, 1.82) is 0 Å². The highest BCUT2D eigenvalue weighted by atomic mass is 31.2. The number of ether oxygens (including phenoxy) is 4. The monoisotopic (exact) mass is 1470 g/mol. The van der Waals surface area contributed by atoms with Crippen molar-refractivity contribution in [2.24, 2.45) is 5.92 Å². The molecular weight excluding hydrogens is 1310 g/mol. The highest BCUT2D eigenvalue weighted by molar-refractivity contribution is 7.47. The van der Waals surface area contributed by atoms with Crippen LogP contribution in [0.3, 0.4) is 0 Å². The molecule has 594 valence electrons. The zero-order valence-electron chi connectivity index (χ0n) is 65.3. The maximum Gasteiger partial charge on any atom is 0.472 e. The molecule has 0 aromatic carbocycles. The molecule has 0 rings (SSSR count). The quantitative estimate of drug-likeness (QED) is 0.0222. The fourth-order valence-corrected chi connectivity index (χ4v) is 14.2. The first-order valence-corrected chi connectivity index (χ1v) is 45.1. The van der Waals surface area contributed by atoms with Crippen LogP contribution in [0.15, 0.2) is 0 Å². The summed E-state index contributed by atoms with van der Waals surface area (Å²) in [6, 6.07) is 0. The van der Waals surface area contributed by atoms with Crippen molar-refractivity contribution in [3.05, 3.63) is 0 Å². The third-order valence-corrected chi connectivity index (χ3v) is 20.9. The summed E-state index contributed by atoms with van der Waals surface area (Å²) in [6.07, 6.45) is 65.1. The Kier molecular flexibility index (Phi) is 72.5. The number of carbonyl (C=O) groups excluding carboxylic acids is 4. The number of phosphoric ester groups is 2. The van der Waals surface area contributed by atoms with Gasteiger partial charge in [0.25, 0.3) is 0 Å². The first-order chi connectivity index (χ1) is 48.5. The minimum Gasteiger partial charge on any atom is -0.462 e. The normalized spacial score (nSPS) is 13.8. The van der Waals surface area contributed by atoms with Gasteiger partial charge in [-0.1, -0.05) is 381 Å². The molecule has 0 amide bonds. The van der Waals surface area contributed by atoms with Gasteiger partial charge in [-0.05, 0) is 31.6 Å². The molecule has 0 saturated carbocycles. The Balaban J connectivity index is 5.25. The summed E-state index contributed by atoms with van der Waals surface area (Å²) in [6.45, 7) is 7.32. The van der Waals surface area contributed by atoms with Crippen molar-refractivity contribution in [2.45, 2.75) is 451 Å². The number of carbonyl (C=O) groups is 4. The van der Waals surface area contributed by atoms with Crippen LogP contribution in [0.1, 0.15) is 433 Å². The number of phosphoric acid groups is 2. The van der Waals surface area contributed by atoms with E-state index in [4.69, 9.17) is 37.0 Å². The summed E-state index contributed by atoms with van der Waals surface area (Å²) in [5.74, 6) is -1.36. The van der Waals surface area contributed by atoms with Crippen LogP contribution in [0.25, 0.3) is 0 Å². The second-order valence-electron chi connectivity index (χ2n) is 29.6. The molecule has 0 bridgehead atoms. The summed E-state index contributed by atoms with van der Waals surface area (Å²) >= 11 is 0. The van der Waals surface area contributed by atoms with Gasteiger partial charge in [0.05, 0.1) is 26.4 Å². The van der Waals surface area contributed by atoms with Crippen LogP contribution < -0.4 is 0 Å². The van der Waals surface area contributed by atoms with Crippen LogP contribution in [0.4, 0.5) is 0 Å². The van der Waals surface area contributed by atoms with Crippen molar-refractivity contribution in [2.75, 3.05) is 39.6 Å². The first kappa shape index (κ1) is 98.1. The lowest BCUT2D eigenvalue weighted by molar-refractivity contribution is -0.161. The average molecular weight is 1470 g/mol. The van der Waals surface area contributed by atoms with E-state index in [-0.39, 0.29) is 25.7 Å². The summed E-state index contributed by atoms with van der Waals surface area (Å²) < 4.78 is 68.8. The Morgan fingerprint density at radius 1 is 0.270 bits per heavy atom. The van der Waals surface area contributed by atoms with Gasteiger partial charge in [0.1, 0.15) is 19.3 Å². The Bertz CT molecular complexity index is 1910. The van der Waals surface area contributed by atoms with Crippen LogP contribution in [0.5, 0.6) is 0 Å². The van der Waals surface area contributed by atoms with E-state index in [1.165, 1.54) is 257 Å². The lowest BCUT2D eigenvalue weighted by atomic mass is 10.0. The lowest BCUT2D eigenvalue weighted by Gasteiger charge is -2.21. The molecule has 17 nitrogen and oxygen atoms in total. The van der Waals surface area contributed by atoms with Gasteiger partial charge in [-0.25, -0.2) is 9.13 Å². The van der Waals surface area contributed by atoms with Gasteiger partial charge in [-0.15, -0.1) is 0 Å². The van der Waals surface area contributed by atoms with E-state index in [2.05, 4.69) is 34.6 Å². The van der Waals surface area contributed by atoms with E-state index >= 15 is 0 Å². The van der Waals surface area contributed by atoms with E-state index in [9.17, 15) is 43.2 Å². The van der Waals surface area contributed by atoms with Crippen molar-refractivity contribution >= 4 is 39.5 Å². The van der Waals surface area contributed by atoms with Crippen molar-refractivity contribution in [1.82, 2.24) is 0 Å². The average Bonchev–Trinajstić information content (AvgIpc) is 0.947. The maximum atomic E-state index is 13.1. The molecule has 100 heavy (non-hydrogen) atoms. The van der Waals surface area contributed by atoms with E-state index in [0.29, 0.717) is 25.7 Å². The van der Waals surface area contributed by atoms with Gasteiger partial charge < -0.3 is 33.8 Å². The fraction of sp³-hybridized carbons (Fsp3) is 0.951. The van der Waals surface area contributed by atoms with Gasteiger partial charge >= 0.3 is 39.5 Å². The number of hydrogen-bond donors (Lipinski definition) is 3. The lowest BCUT2D eigenvalue weighted by Crippen LogP contribution is -2.30. The van der Waals surface area contributed by atoms with Gasteiger partial charge in [0, 0.05) is 25.7 Å². The minimum absolute atomic E-state index is 0.108. The highest BCUT2D eigenvalue weighted by Crippen LogP contribution is 2.45. The van der Waals surface area contributed by atoms with Crippen LogP contribution in [-0.4, -0.2) is 96.7 Å². The summed E-state index contributed by atoms with van der Waals surface area (Å²) in [5.41, 5.74) is 0. The van der Waals surface area contributed by atoms with E-state index in [0.717, 1.165) is 95.8 Å². The van der Waals surface area contributed by atoms with Gasteiger partial charge in [0.15, 0.2) is 12.2 Å². The molecular formula is C81H158O17P2. The maximum absolute atomic E-state index is 13.1. The van der Waals surface area contributed by atoms with Crippen LogP contribution in [0.2, 0.25) is 0 Å². The molecule has 0 aliphatic heterocycles. The summed E-state index contributed by atoms with van der Waals surface area (Å²) in [7, 11) is -9.92. The Hall–Kier alpha value is -1.94. The molecule has 0 aliphatic rings. The summed E-state index contributed by atoms with van der Waals surface area (Å²) in [5, 5.41) is 10.6. The molecule has 3 N–H and O–H groups in total. The largest absolute Gasteiger partial charge is 0.472 e. The van der Waals surface area contributed by atoms with Gasteiger partial charge in [-0.2, -0.15) is 0 Å². The summed E-state index contributed by atoms with van der Waals surface area (Å²) in [4.78, 5) is 73.1. The predicted octanol–water partition coefficient (Wildman–Crippen LogP) is 24.4. The molecule has 0 heterocycles. The van der Waals surface area contributed by atoms with Gasteiger partial charge in [-0.3, -0.25) is 37.3 Å².